The normalized spacial score (nSPS) is 20.7. The van der Waals surface area contributed by atoms with Gasteiger partial charge in [-0.15, -0.1) is 0 Å². The number of benzene rings is 2. The van der Waals surface area contributed by atoms with Crippen LogP contribution in [0.2, 0.25) is 0 Å². The third-order valence-corrected chi connectivity index (χ3v) is 10.5. The summed E-state index contributed by atoms with van der Waals surface area (Å²) in [6.45, 7) is 23.9. The number of fused-ring (bicyclic) bond motifs is 2. The van der Waals surface area contributed by atoms with Gasteiger partial charge >= 0.3 is 6.03 Å². The lowest BCUT2D eigenvalue weighted by atomic mass is 9.74. The van der Waals surface area contributed by atoms with Crippen molar-refractivity contribution in [2.45, 2.75) is 116 Å². The van der Waals surface area contributed by atoms with Crippen molar-refractivity contribution in [3.05, 3.63) is 58.1 Å². The minimum Gasteiger partial charge on any atom is -0.341 e. The molecule has 1 saturated heterocycles. The smallest absolute Gasteiger partial charge is 0.341 e. The summed E-state index contributed by atoms with van der Waals surface area (Å²) in [5.41, 5.74) is 6.06. The maximum absolute atomic E-state index is 7.20. The first-order valence-electron chi connectivity index (χ1n) is 17.9. The Kier molecular flexibility index (Phi) is 8.66. The summed E-state index contributed by atoms with van der Waals surface area (Å²) in [5.74, 6) is 1.81. The molecule has 0 saturated carbocycles. The van der Waals surface area contributed by atoms with Gasteiger partial charge in [-0.1, -0.05) is 69.7 Å². The van der Waals surface area contributed by atoms with Gasteiger partial charge in [0.1, 0.15) is 0 Å². The lowest BCUT2D eigenvalue weighted by molar-refractivity contribution is -0.870. The second kappa shape index (κ2) is 11.4. The van der Waals surface area contributed by atoms with Crippen LogP contribution in [0, 0.1) is 0 Å². The minimum absolute atomic E-state index is 0.0341. The molecule has 1 fully saturated rings. The molecular formula is C41H66N4O2+4. The van der Waals surface area contributed by atoms with E-state index in [1.807, 2.05) is 0 Å². The largest absolute Gasteiger partial charge is 0.704 e. The van der Waals surface area contributed by atoms with Crippen molar-refractivity contribution in [2.75, 3.05) is 61.9 Å². The number of nitrogens with zero attached hydrogens (tertiary/aromatic N) is 4. The van der Waals surface area contributed by atoms with E-state index >= 15 is 0 Å². The Labute approximate surface area is 286 Å². The highest BCUT2D eigenvalue weighted by Crippen LogP contribution is 2.47. The molecule has 6 heteroatoms. The first kappa shape index (κ1) is 35.6. The van der Waals surface area contributed by atoms with Crippen LogP contribution in [0.15, 0.2) is 30.3 Å². The third-order valence-electron chi connectivity index (χ3n) is 10.5. The van der Waals surface area contributed by atoms with Crippen LogP contribution in [0.25, 0.3) is 0 Å². The number of hydrogen-bond acceptors (Lipinski definition) is 2. The van der Waals surface area contributed by atoms with E-state index < -0.39 is 6.03 Å². The molecule has 0 amide bonds. The molecule has 3 aliphatic rings. The van der Waals surface area contributed by atoms with Crippen LogP contribution in [0.3, 0.4) is 0 Å². The Balaban J connectivity index is 1.56. The van der Waals surface area contributed by atoms with E-state index in [1.165, 1.54) is 55.5 Å². The zero-order valence-electron chi connectivity index (χ0n) is 32.6. The third kappa shape index (κ3) is 7.20. The molecule has 0 aromatic heterocycles. The van der Waals surface area contributed by atoms with Crippen LogP contribution in [0.1, 0.15) is 116 Å². The van der Waals surface area contributed by atoms with Crippen LogP contribution in [-0.2, 0) is 16.2 Å². The summed E-state index contributed by atoms with van der Waals surface area (Å²) in [4.78, 5) is 0. The van der Waals surface area contributed by atoms with Gasteiger partial charge in [-0.2, -0.15) is 0 Å². The molecule has 0 bridgehead atoms. The summed E-state index contributed by atoms with van der Waals surface area (Å²) in [5, 5.41) is 0. The Bertz CT molecular complexity index is 1570. The maximum Gasteiger partial charge on any atom is 0.704 e. The first-order chi connectivity index (χ1) is 21.3. The van der Waals surface area contributed by atoms with Crippen molar-refractivity contribution in [3.63, 3.8) is 0 Å². The van der Waals surface area contributed by atoms with Gasteiger partial charge in [-0.3, -0.25) is 0 Å². The van der Waals surface area contributed by atoms with E-state index in [4.69, 9.17) is 9.47 Å². The summed E-state index contributed by atoms with van der Waals surface area (Å²) >= 11 is 0. The molecule has 3 heterocycles. The van der Waals surface area contributed by atoms with Gasteiger partial charge in [0.25, 0.3) is 0 Å². The van der Waals surface area contributed by atoms with E-state index in [-0.39, 0.29) is 21.8 Å². The molecule has 47 heavy (non-hydrogen) atoms. The van der Waals surface area contributed by atoms with Gasteiger partial charge in [0.2, 0.25) is 12.1 Å². The van der Waals surface area contributed by atoms with Crippen LogP contribution in [-0.4, -0.2) is 104 Å². The zero-order chi connectivity index (χ0) is 35.0. The van der Waals surface area contributed by atoms with Gasteiger partial charge in [-0.05, 0) is 71.3 Å². The van der Waals surface area contributed by atoms with Crippen LogP contribution in [0.5, 0.6) is 11.5 Å². The predicted molar refractivity (Wildman–Crippen MR) is 196 cm³/mol. The van der Waals surface area contributed by atoms with Gasteiger partial charge < -0.3 is 18.4 Å². The maximum atomic E-state index is 7.20. The Hall–Kier alpha value is -2.70. The predicted octanol–water partition coefficient (Wildman–Crippen LogP) is 7.26. The van der Waals surface area contributed by atoms with Crippen molar-refractivity contribution < 1.29 is 27.6 Å². The molecule has 5 rings (SSSR count). The van der Waals surface area contributed by atoms with E-state index in [0.717, 1.165) is 38.1 Å². The zero-order valence-corrected chi connectivity index (χ0v) is 32.6. The number of quaternary nitrogens is 2. The summed E-state index contributed by atoms with van der Waals surface area (Å²) in [6, 6.07) is 10.6. The highest BCUT2D eigenvalue weighted by Gasteiger charge is 2.75. The topological polar surface area (TPSA) is 24.5 Å². The molecule has 2 aromatic carbocycles. The average Bonchev–Trinajstić information content (AvgIpc) is 3.11. The monoisotopic (exact) mass is 647 g/mol. The van der Waals surface area contributed by atoms with Gasteiger partial charge in [0, 0.05) is 19.4 Å². The van der Waals surface area contributed by atoms with Gasteiger partial charge in [0.15, 0.2) is 23.9 Å². The number of rotatable bonds is 9. The molecule has 258 valence electrons. The molecule has 1 spiro atoms. The Morgan fingerprint density at radius 1 is 0.702 bits per heavy atom. The van der Waals surface area contributed by atoms with Gasteiger partial charge in [0.05, 0.1) is 66.5 Å². The highest BCUT2D eigenvalue weighted by molar-refractivity contribution is 5.84. The Morgan fingerprint density at radius 2 is 1.28 bits per heavy atom. The SMILES string of the molecule is CC(C)(C)c1cc2c(c(C(C)(C)C)c1)OC13Oc4ccc(C(C)(CCC[N+](C)(C)C)CCC[N+](C)(C)C)cc4C=[N+]1C(C)(C)C[N+]3=C2. The fourth-order valence-electron chi connectivity index (χ4n) is 7.59. The van der Waals surface area contributed by atoms with Crippen LogP contribution >= 0.6 is 0 Å². The van der Waals surface area contributed by atoms with Crippen molar-refractivity contribution in [2.24, 2.45) is 0 Å². The molecule has 1 unspecified atom stereocenters. The quantitative estimate of drug-likeness (QED) is 0.212. The summed E-state index contributed by atoms with van der Waals surface area (Å²) < 4.78 is 20.9. The van der Waals surface area contributed by atoms with Crippen molar-refractivity contribution in [3.8, 4) is 11.5 Å². The van der Waals surface area contributed by atoms with Crippen molar-refractivity contribution >= 4 is 12.4 Å². The molecule has 0 radical (unpaired) electrons. The molecule has 6 nitrogen and oxygen atoms in total. The van der Waals surface area contributed by atoms with E-state index in [2.05, 4.69) is 157 Å². The molecule has 2 aromatic rings. The molecule has 3 aliphatic heterocycles. The second-order valence-electron chi connectivity index (χ2n) is 19.8. The highest BCUT2D eigenvalue weighted by atomic mass is 16.7. The van der Waals surface area contributed by atoms with E-state index in [0.29, 0.717) is 0 Å². The van der Waals surface area contributed by atoms with E-state index in [1.54, 1.807) is 0 Å². The summed E-state index contributed by atoms with van der Waals surface area (Å²) in [6.07, 6.45) is 9.36. The second-order valence-corrected chi connectivity index (χ2v) is 19.8. The minimum atomic E-state index is -1.06. The lowest BCUT2D eigenvalue weighted by Gasteiger charge is -2.35. The van der Waals surface area contributed by atoms with E-state index in [9.17, 15) is 0 Å². The molecule has 0 aliphatic carbocycles. The fourth-order valence-corrected chi connectivity index (χ4v) is 7.59. The first-order valence-corrected chi connectivity index (χ1v) is 17.9. The standard InChI is InChI=1S/C41H66N4O2/c1-37(2,3)33-25-31-27-42-29-39(7,8)43-28-30-24-32(40(9,20-16-22-44(10,11)12)21-17-23-45(13,14)15)18-19-35(30)46-41(42,43)47-36(31)34(26-33)38(4,5)6/h18-19,24-28H,16-17,20-23,29H2,1-15H3/q+4. The van der Waals surface area contributed by atoms with Crippen LogP contribution < -0.4 is 9.47 Å². The molecule has 1 atom stereocenters. The van der Waals surface area contributed by atoms with Crippen LogP contribution in [0.4, 0.5) is 0 Å². The number of ether oxygens (including phenoxy) is 2. The van der Waals surface area contributed by atoms with Crippen molar-refractivity contribution in [1.82, 2.24) is 0 Å². The lowest BCUT2D eigenvalue weighted by Crippen LogP contribution is -2.61. The summed E-state index contributed by atoms with van der Waals surface area (Å²) in [7, 11) is 13.8. The molecule has 0 N–H and O–H groups in total. The number of hydrogen-bond donors (Lipinski definition) is 0. The Morgan fingerprint density at radius 3 is 1.81 bits per heavy atom. The molecular weight excluding hydrogens is 580 g/mol. The average molecular weight is 647 g/mol. The van der Waals surface area contributed by atoms with Gasteiger partial charge in [-0.25, -0.2) is 0 Å². The fraction of sp³-hybridized carbons (Fsp3) is 0.659. The van der Waals surface area contributed by atoms with Crippen molar-refractivity contribution in [1.29, 1.82) is 0 Å².